The average Bonchev–Trinajstić information content (AvgIpc) is 3.02. The van der Waals surface area contributed by atoms with Gasteiger partial charge in [0.15, 0.2) is 5.78 Å². The Morgan fingerprint density at radius 3 is 2.39 bits per heavy atom. The van der Waals surface area contributed by atoms with Gasteiger partial charge in [0.2, 0.25) is 0 Å². The fraction of sp³-hybridized carbons (Fsp3) is 0.267. The van der Waals surface area contributed by atoms with Gasteiger partial charge in [-0.3, -0.25) is 14.5 Å². The summed E-state index contributed by atoms with van der Waals surface area (Å²) in [5.74, 6) is 1.01. The number of benzene rings is 3. The predicted molar refractivity (Wildman–Crippen MR) is 141 cm³/mol. The summed E-state index contributed by atoms with van der Waals surface area (Å²) in [7, 11) is 3.19. The van der Waals surface area contributed by atoms with Crippen LogP contribution in [0.25, 0.3) is 0 Å². The number of anilines is 2. The van der Waals surface area contributed by atoms with Gasteiger partial charge >= 0.3 is 0 Å². The van der Waals surface area contributed by atoms with Crippen LogP contribution in [0.15, 0.2) is 84.1 Å². The van der Waals surface area contributed by atoms with E-state index in [1.54, 1.807) is 31.3 Å². The summed E-state index contributed by atoms with van der Waals surface area (Å²) in [5, 5.41) is 3.54. The van der Waals surface area contributed by atoms with Crippen molar-refractivity contribution in [3.05, 3.63) is 95.2 Å². The van der Waals surface area contributed by atoms with Crippen molar-refractivity contribution in [2.24, 2.45) is 5.41 Å². The number of hydrogen-bond acceptors (Lipinski definition) is 5. The normalized spacial score (nSPS) is 18.5. The Labute approximate surface area is 211 Å². The molecule has 0 fully saturated rings. The Hall–Kier alpha value is -4.06. The number of rotatable bonds is 4. The number of nitrogens with zero attached hydrogens (tertiary/aromatic N) is 1. The first-order chi connectivity index (χ1) is 17.3. The van der Waals surface area contributed by atoms with Crippen LogP contribution in [0.3, 0.4) is 0 Å². The van der Waals surface area contributed by atoms with E-state index in [0.717, 1.165) is 11.4 Å². The lowest BCUT2D eigenvalue weighted by Crippen LogP contribution is -2.39. The van der Waals surface area contributed by atoms with Gasteiger partial charge in [-0.15, -0.1) is 0 Å². The van der Waals surface area contributed by atoms with E-state index in [2.05, 4.69) is 19.2 Å². The maximum Gasteiger partial charge on any atom is 0.259 e. The molecule has 36 heavy (non-hydrogen) atoms. The number of ketones is 1. The fourth-order valence-corrected chi connectivity index (χ4v) is 5.28. The lowest BCUT2D eigenvalue weighted by Gasteiger charge is -2.37. The van der Waals surface area contributed by atoms with Crippen molar-refractivity contribution in [3.8, 4) is 11.5 Å². The molecule has 1 aliphatic carbocycles. The van der Waals surface area contributed by atoms with Gasteiger partial charge in [0, 0.05) is 28.8 Å². The molecule has 0 radical (unpaired) electrons. The molecular weight excluding hydrogens is 452 g/mol. The molecule has 1 N–H and O–H groups in total. The molecule has 0 saturated heterocycles. The Balaban J connectivity index is 1.84. The second-order valence-electron chi connectivity index (χ2n) is 10.0. The quantitative estimate of drug-likeness (QED) is 0.482. The van der Waals surface area contributed by atoms with E-state index in [0.29, 0.717) is 46.7 Å². The van der Waals surface area contributed by atoms with E-state index in [1.165, 1.54) is 0 Å². The third-order valence-electron chi connectivity index (χ3n) is 6.87. The number of nitrogens with one attached hydrogen (secondary N) is 1. The first kappa shape index (κ1) is 23.7. The summed E-state index contributed by atoms with van der Waals surface area (Å²) < 4.78 is 11.3. The summed E-state index contributed by atoms with van der Waals surface area (Å²) in [6, 6.07) is 21.6. The third-order valence-corrected chi connectivity index (χ3v) is 6.87. The van der Waals surface area contributed by atoms with E-state index in [4.69, 9.17) is 9.47 Å². The molecule has 0 bridgehead atoms. The highest BCUT2D eigenvalue weighted by molar-refractivity contribution is 6.12. The van der Waals surface area contributed by atoms with Gasteiger partial charge < -0.3 is 14.8 Å². The van der Waals surface area contributed by atoms with Crippen LogP contribution in [0, 0.1) is 5.41 Å². The molecule has 1 unspecified atom stereocenters. The molecule has 5 rings (SSSR count). The molecule has 0 aromatic heterocycles. The summed E-state index contributed by atoms with van der Waals surface area (Å²) >= 11 is 0. The van der Waals surface area contributed by atoms with E-state index in [9.17, 15) is 9.59 Å². The number of allylic oxidation sites excluding steroid dienone is 1. The fourth-order valence-electron chi connectivity index (χ4n) is 5.28. The molecule has 2 aliphatic rings. The molecule has 6 nitrogen and oxygen atoms in total. The smallest absolute Gasteiger partial charge is 0.259 e. The zero-order valence-corrected chi connectivity index (χ0v) is 21.0. The highest BCUT2D eigenvalue weighted by Gasteiger charge is 2.44. The molecule has 3 aromatic rings. The highest BCUT2D eigenvalue weighted by Crippen LogP contribution is 2.50. The molecular formula is C30H30N2O4. The van der Waals surface area contributed by atoms with Crippen LogP contribution < -0.4 is 19.7 Å². The first-order valence-corrected chi connectivity index (χ1v) is 12.1. The van der Waals surface area contributed by atoms with Gasteiger partial charge in [0.25, 0.3) is 5.91 Å². The van der Waals surface area contributed by atoms with Crippen LogP contribution in [0.2, 0.25) is 0 Å². The van der Waals surface area contributed by atoms with Gasteiger partial charge in [-0.2, -0.15) is 0 Å². The van der Waals surface area contributed by atoms with Crippen molar-refractivity contribution < 1.29 is 19.1 Å². The van der Waals surface area contributed by atoms with E-state index < -0.39 is 6.04 Å². The molecule has 184 valence electrons. The van der Waals surface area contributed by atoms with E-state index in [1.807, 2.05) is 60.7 Å². The Morgan fingerprint density at radius 1 is 0.944 bits per heavy atom. The van der Waals surface area contributed by atoms with Crippen molar-refractivity contribution in [2.75, 3.05) is 24.4 Å². The number of carbonyl (C=O) groups excluding carboxylic acids is 2. The summed E-state index contributed by atoms with van der Waals surface area (Å²) in [4.78, 5) is 29.9. The van der Waals surface area contributed by atoms with Crippen LogP contribution in [0.1, 0.15) is 48.7 Å². The zero-order chi connectivity index (χ0) is 25.4. The van der Waals surface area contributed by atoms with Crippen LogP contribution >= 0.6 is 0 Å². The van der Waals surface area contributed by atoms with Crippen molar-refractivity contribution in [3.63, 3.8) is 0 Å². The van der Waals surface area contributed by atoms with E-state index in [-0.39, 0.29) is 17.1 Å². The number of hydrogen-bond donors (Lipinski definition) is 1. The summed E-state index contributed by atoms with van der Waals surface area (Å²) in [6.07, 6.45) is 1.07. The summed E-state index contributed by atoms with van der Waals surface area (Å²) in [5.41, 5.74) is 3.92. The predicted octanol–water partition coefficient (Wildman–Crippen LogP) is 6.16. The molecule has 3 aromatic carbocycles. The standard InChI is InChI=1S/C30H30N2O4/c1-30(2)17-23-27(25(33)18-30)28(21-16-20(35-3)14-15-26(21)36-4)32(24-13-9-8-12-22(24)31-23)29(34)19-10-6-5-7-11-19/h5-16,28,31H,17-18H2,1-4H3. The van der Waals surface area contributed by atoms with Gasteiger partial charge in [-0.05, 0) is 54.3 Å². The molecule has 1 heterocycles. The Kier molecular flexibility index (Phi) is 6.04. The average molecular weight is 483 g/mol. The number of amides is 1. The lowest BCUT2D eigenvalue weighted by molar-refractivity contribution is -0.118. The van der Waals surface area contributed by atoms with E-state index >= 15 is 0 Å². The second-order valence-corrected chi connectivity index (χ2v) is 10.0. The largest absolute Gasteiger partial charge is 0.497 e. The SMILES string of the molecule is COc1ccc(OC)c(C2C3=C(CC(C)(C)CC3=O)Nc3ccccc3N2C(=O)c2ccccc2)c1. The molecule has 0 saturated carbocycles. The molecule has 0 spiro atoms. The second kappa shape index (κ2) is 9.19. The molecule has 1 atom stereocenters. The molecule has 1 amide bonds. The number of para-hydroxylation sites is 2. The van der Waals surface area contributed by atoms with Crippen molar-refractivity contribution >= 4 is 23.1 Å². The van der Waals surface area contributed by atoms with Gasteiger partial charge in [-0.25, -0.2) is 0 Å². The van der Waals surface area contributed by atoms with Gasteiger partial charge in [0.05, 0.1) is 31.6 Å². The number of ether oxygens (including phenoxy) is 2. The number of fused-ring (bicyclic) bond motifs is 1. The van der Waals surface area contributed by atoms with Crippen LogP contribution in [-0.2, 0) is 4.79 Å². The van der Waals surface area contributed by atoms with Crippen LogP contribution in [-0.4, -0.2) is 25.9 Å². The Morgan fingerprint density at radius 2 is 1.67 bits per heavy atom. The Bertz CT molecular complexity index is 1360. The van der Waals surface area contributed by atoms with Crippen molar-refractivity contribution in [2.45, 2.75) is 32.7 Å². The lowest BCUT2D eigenvalue weighted by atomic mass is 9.73. The van der Waals surface area contributed by atoms with Crippen molar-refractivity contribution in [1.29, 1.82) is 0 Å². The minimum Gasteiger partial charge on any atom is -0.497 e. The molecule has 1 aliphatic heterocycles. The maximum absolute atomic E-state index is 14.3. The maximum atomic E-state index is 14.3. The van der Waals surface area contributed by atoms with Gasteiger partial charge in [0.1, 0.15) is 11.5 Å². The van der Waals surface area contributed by atoms with Crippen molar-refractivity contribution in [1.82, 2.24) is 0 Å². The monoisotopic (exact) mass is 482 g/mol. The number of Topliss-reactive ketones (excluding diaryl/α,β-unsaturated/α-hetero) is 1. The topological polar surface area (TPSA) is 67.9 Å². The molecule has 6 heteroatoms. The third kappa shape index (κ3) is 4.13. The number of carbonyl (C=O) groups is 2. The summed E-state index contributed by atoms with van der Waals surface area (Å²) in [6.45, 7) is 4.20. The minimum atomic E-state index is -0.711. The van der Waals surface area contributed by atoms with Crippen LogP contribution in [0.5, 0.6) is 11.5 Å². The first-order valence-electron chi connectivity index (χ1n) is 12.1. The highest BCUT2D eigenvalue weighted by atomic mass is 16.5. The number of methoxy groups -OCH3 is 2. The van der Waals surface area contributed by atoms with Gasteiger partial charge in [-0.1, -0.05) is 44.2 Å². The van der Waals surface area contributed by atoms with Crippen LogP contribution in [0.4, 0.5) is 11.4 Å². The zero-order valence-electron chi connectivity index (χ0n) is 21.0. The minimum absolute atomic E-state index is 0.0160.